The van der Waals surface area contributed by atoms with Gasteiger partial charge in [0.25, 0.3) is 5.91 Å². The molecule has 2 rings (SSSR count). The summed E-state index contributed by atoms with van der Waals surface area (Å²) in [5, 5.41) is 9.37. The lowest BCUT2D eigenvalue weighted by molar-refractivity contribution is -0.906. The maximum atomic E-state index is 14.4. The molecule has 0 bridgehead atoms. The smallest absolute Gasteiger partial charge is 0.324 e. The highest BCUT2D eigenvalue weighted by Crippen LogP contribution is 2.30. The summed E-state index contributed by atoms with van der Waals surface area (Å²) >= 11 is 0. The van der Waals surface area contributed by atoms with Crippen molar-refractivity contribution in [3.63, 3.8) is 0 Å². The van der Waals surface area contributed by atoms with Crippen LogP contribution in [0.1, 0.15) is 38.1 Å². The SMILES string of the molecule is CC(C)N(C(=O)c1c(Oc2cnc[n+](O)c2)ccc(F)c1F)C(C)C. The molecule has 1 amide bonds. The molecular formula is C17H20F2N3O3+. The first kappa shape index (κ1) is 18.6. The van der Waals surface area contributed by atoms with E-state index in [1.807, 2.05) is 0 Å². The van der Waals surface area contributed by atoms with Crippen LogP contribution in [0.2, 0.25) is 0 Å². The van der Waals surface area contributed by atoms with E-state index in [1.165, 1.54) is 23.4 Å². The van der Waals surface area contributed by atoms with Gasteiger partial charge in [0.1, 0.15) is 11.3 Å². The summed E-state index contributed by atoms with van der Waals surface area (Å²) in [5.74, 6) is -3.21. The fourth-order valence-electron chi connectivity index (χ4n) is 2.56. The molecule has 0 atom stereocenters. The minimum absolute atomic E-state index is 0.0608. The number of rotatable bonds is 5. The average Bonchev–Trinajstić information content (AvgIpc) is 2.50. The fourth-order valence-corrected chi connectivity index (χ4v) is 2.56. The van der Waals surface area contributed by atoms with Crippen molar-refractivity contribution in [3.05, 3.63) is 48.1 Å². The maximum Gasteiger partial charge on any atom is 0.324 e. The topological polar surface area (TPSA) is 66.5 Å². The number of amides is 1. The first-order chi connectivity index (χ1) is 11.7. The third-order valence-electron chi connectivity index (χ3n) is 3.49. The normalized spacial score (nSPS) is 11.0. The third kappa shape index (κ3) is 4.01. The van der Waals surface area contributed by atoms with Gasteiger partial charge in [-0.25, -0.2) is 8.78 Å². The van der Waals surface area contributed by atoms with Crippen LogP contribution in [0.15, 0.2) is 30.9 Å². The van der Waals surface area contributed by atoms with Gasteiger partial charge in [-0.05, 0) is 44.8 Å². The zero-order valence-electron chi connectivity index (χ0n) is 14.4. The van der Waals surface area contributed by atoms with Crippen molar-refractivity contribution in [2.24, 2.45) is 0 Å². The summed E-state index contributed by atoms with van der Waals surface area (Å²) in [7, 11) is 0. The number of carbonyl (C=O) groups is 1. The molecule has 25 heavy (non-hydrogen) atoms. The number of carbonyl (C=O) groups excluding carboxylic acids is 1. The predicted octanol–water partition coefficient (Wildman–Crippen LogP) is 2.94. The van der Waals surface area contributed by atoms with E-state index in [2.05, 4.69) is 4.98 Å². The Kier molecular flexibility index (Phi) is 5.51. The second-order valence-corrected chi connectivity index (χ2v) is 6.04. The van der Waals surface area contributed by atoms with Crippen LogP contribution < -0.4 is 9.47 Å². The monoisotopic (exact) mass is 352 g/mol. The molecule has 0 saturated heterocycles. The van der Waals surface area contributed by atoms with Crippen LogP contribution in [0.25, 0.3) is 0 Å². The zero-order chi connectivity index (χ0) is 18.7. The minimum atomic E-state index is -1.28. The molecule has 0 aliphatic rings. The molecule has 0 fully saturated rings. The van der Waals surface area contributed by atoms with Gasteiger partial charge in [-0.15, -0.1) is 0 Å². The van der Waals surface area contributed by atoms with Crippen LogP contribution in [0.5, 0.6) is 11.5 Å². The summed E-state index contributed by atoms with van der Waals surface area (Å²) in [4.78, 5) is 18.0. The molecule has 1 N–H and O–H groups in total. The second kappa shape index (κ2) is 7.42. The van der Waals surface area contributed by atoms with E-state index < -0.39 is 23.1 Å². The van der Waals surface area contributed by atoms with Crippen molar-refractivity contribution in [1.29, 1.82) is 0 Å². The van der Waals surface area contributed by atoms with E-state index in [-0.39, 0.29) is 23.6 Å². The van der Waals surface area contributed by atoms with Crippen molar-refractivity contribution >= 4 is 5.91 Å². The standard InChI is InChI=1S/C17H20F2N3O3/c1-10(2)22(11(3)4)17(23)15-14(6-5-13(18)16(15)19)25-12-7-20-9-21(24)8-12/h5-11,24H,1-4H3/q+1. The Hall–Kier alpha value is -2.77. The zero-order valence-corrected chi connectivity index (χ0v) is 14.4. The molecule has 0 aliphatic heterocycles. The van der Waals surface area contributed by atoms with Crippen molar-refractivity contribution in [2.75, 3.05) is 0 Å². The van der Waals surface area contributed by atoms with Crippen LogP contribution in [0.4, 0.5) is 8.78 Å². The lowest BCUT2D eigenvalue weighted by Crippen LogP contribution is -2.42. The van der Waals surface area contributed by atoms with Gasteiger partial charge >= 0.3 is 6.33 Å². The Morgan fingerprint density at radius 3 is 2.44 bits per heavy atom. The second-order valence-electron chi connectivity index (χ2n) is 6.04. The van der Waals surface area contributed by atoms with Gasteiger partial charge in [0.05, 0.1) is 0 Å². The highest BCUT2D eigenvalue weighted by Gasteiger charge is 2.29. The number of hydrogen-bond donors (Lipinski definition) is 1. The summed E-state index contributed by atoms with van der Waals surface area (Å²) in [5.41, 5.74) is -0.504. The first-order valence-electron chi connectivity index (χ1n) is 7.76. The molecule has 1 heterocycles. The lowest BCUT2D eigenvalue weighted by atomic mass is 10.1. The molecule has 0 radical (unpaired) electrons. The van der Waals surface area contributed by atoms with Crippen LogP contribution in [-0.2, 0) is 0 Å². The van der Waals surface area contributed by atoms with Crippen LogP contribution in [-0.4, -0.2) is 33.1 Å². The Balaban J connectivity index is 2.52. The quantitative estimate of drug-likeness (QED) is 0.664. The Labute approximate surface area is 144 Å². The molecule has 0 aliphatic carbocycles. The van der Waals surface area contributed by atoms with E-state index in [0.717, 1.165) is 12.4 Å². The van der Waals surface area contributed by atoms with Gasteiger partial charge in [0.2, 0.25) is 5.75 Å². The molecule has 1 aromatic heterocycles. The fraction of sp³-hybridized carbons (Fsp3) is 0.353. The van der Waals surface area contributed by atoms with E-state index in [4.69, 9.17) is 4.74 Å². The summed E-state index contributed by atoms with van der Waals surface area (Å²) in [6.07, 6.45) is 3.56. The lowest BCUT2D eigenvalue weighted by Gasteiger charge is -2.31. The van der Waals surface area contributed by atoms with E-state index in [1.54, 1.807) is 27.7 Å². The molecule has 0 unspecified atom stereocenters. The molecule has 134 valence electrons. The van der Waals surface area contributed by atoms with Crippen molar-refractivity contribution in [2.45, 2.75) is 39.8 Å². The van der Waals surface area contributed by atoms with Gasteiger partial charge in [-0.1, -0.05) is 4.73 Å². The third-order valence-corrected chi connectivity index (χ3v) is 3.49. The number of ether oxygens (including phenoxy) is 1. The highest BCUT2D eigenvalue weighted by atomic mass is 19.2. The van der Waals surface area contributed by atoms with E-state index >= 15 is 0 Å². The van der Waals surface area contributed by atoms with E-state index in [0.29, 0.717) is 4.73 Å². The molecule has 2 aromatic rings. The van der Waals surface area contributed by atoms with Gasteiger partial charge in [0.15, 0.2) is 24.0 Å². The summed E-state index contributed by atoms with van der Waals surface area (Å²) < 4.78 is 34.2. The Morgan fingerprint density at radius 2 is 1.88 bits per heavy atom. The van der Waals surface area contributed by atoms with Crippen molar-refractivity contribution in [3.8, 4) is 11.5 Å². The number of halogens is 2. The molecule has 1 aromatic carbocycles. The Morgan fingerprint density at radius 1 is 1.24 bits per heavy atom. The summed E-state index contributed by atoms with van der Waals surface area (Å²) in [6.45, 7) is 7.13. The van der Waals surface area contributed by atoms with Gasteiger partial charge in [0, 0.05) is 12.1 Å². The highest BCUT2D eigenvalue weighted by molar-refractivity contribution is 5.97. The molecule has 6 nitrogen and oxygen atoms in total. The number of aromatic nitrogens is 2. The van der Waals surface area contributed by atoms with Gasteiger partial charge in [-0.2, -0.15) is 0 Å². The van der Waals surface area contributed by atoms with Crippen molar-refractivity contribution < 1.29 is 28.2 Å². The maximum absolute atomic E-state index is 14.4. The van der Waals surface area contributed by atoms with Crippen LogP contribution in [0.3, 0.4) is 0 Å². The predicted molar refractivity (Wildman–Crippen MR) is 84.5 cm³/mol. The number of nitrogens with zero attached hydrogens (tertiary/aromatic N) is 3. The van der Waals surface area contributed by atoms with Gasteiger partial charge in [-0.3, -0.25) is 4.79 Å². The summed E-state index contributed by atoms with van der Waals surface area (Å²) in [6, 6.07) is 1.60. The number of benzene rings is 1. The van der Waals surface area contributed by atoms with Crippen molar-refractivity contribution in [1.82, 2.24) is 9.88 Å². The first-order valence-corrected chi connectivity index (χ1v) is 7.76. The molecule has 8 heteroatoms. The Bertz CT molecular complexity index is 774. The molecular weight excluding hydrogens is 332 g/mol. The van der Waals surface area contributed by atoms with Crippen LogP contribution >= 0.6 is 0 Å². The number of hydrogen-bond acceptors (Lipinski definition) is 4. The molecule has 0 spiro atoms. The van der Waals surface area contributed by atoms with E-state index in [9.17, 15) is 18.8 Å². The van der Waals surface area contributed by atoms with Gasteiger partial charge < -0.3 is 14.8 Å². The minimum Gasteiger partial charge on any atom is -0.448 e. The largest absolute Gasteiger partial charge is 0.448 e. The molecule has 0 saturated carbocycles. The van der Waals surface area contributed by atoms with Crippen LogP contribution in [0, 0.1) is 11.6 Å². The average molecular weight is 352 g/mol.